The molecule has 0 fully saturated rings. The summed E-state index contributed by atoms with van der Waals surface area (Å²) in [5.74, 6) is 0. The van der Waals surface area contributed by atoms with Crippen LogP contribution in [0.3, 0.4) is 0 Å². The van der Waals surface area contributed by atoms with Crippen molar-refractivity contribution < 1.29 is 17.7 Å². The smallest absolute Gasteiger partial charge is 0.102 e. The van der Waals surface area contributed by atoms with Crippen LogP contribution in [0.15, 0.2) is 28.7 Å². The summed E-state index contributed by atoms with van der Waals surface area (Å²) < 4.78 is 1.21. The van der Waals surface area contributed by atoms with E-state index < -0.39 is 0 Å². The van der Waals surface area contributed by atoms with Gasteiger partial charge in [0.25, 0.3) is 0 Å². The third-order valence-corrected chi connectivity index (χ3v) is 2.38. The van der Waals surface area contributed by atoms with Crippen LogP contribution in [0.25, 0.3) is 0 Å². The van der Waals surface area contributed by atoms with Crippen LogP contribution in [0.2, 0.25) is 0 Å². The Labute approximate surface area is 88.1 Å². The predicted octanol–water partition coefficient (Wildman–Crippen LogP) is -1.46. The molecule has 12 heavy (non-hydrogen) atoms. The van der Waals surface area contributed by atoms with Crippen molar-refractivity contribution >= 4 is 15.9 Å². The summed E-state index contributed by atoms with van der Waals surface area (Å²) in [7, 11) is 0. The highest BCUT2D eigenvalue weighted by Crippen LogP contribution is 2.13. The van der Waals surface area contributed by atoms with Crippen LogP contribution in [0.4, 0.5) is 0 Å². The Morgan fingerprint density at radius 3 is 2.58 bits per heavy atom. The summed E-state index contributed by atoms with van der Waals surface area (Å²) >= 11 is 3.51. The number of rotatable bonds is 3. The number of benzene rings is 1. The van der Waals surface area contributed by atoms with E-state index in [2.05, 4.69) is 46.4 Å². The zero-order chi connectivity index (χ0) is 8.10. The monoisotopic (exact) mass is 249 g/mol. The van der Waals surface area contributed by atoms with E-state index in [1.54, 1.807) is 0 Å². The van der Waals surface area contributed by atoms with Gasteiger partial charge in [-0.3, -0.25) is 0 Å². The molecule has 1 nitrogen and oxygen atoms in total. The minimum absolute atomic E-state index is 0. The zero-order valence-corrected chi connectivity index (χ0v) is 9.40. The fraction of sp³-hybridized carbons (Fsp3) is 0.333. The van der Waals surface area contributed by atoms with Crippen molar-refractivity contribution in [3.8, 4) is 0 Å². The maximum absolute atomic E-state index is 3.51. The van der Waals surface area contributed by atoms with Gasteiger partial charge < -0.3 is 17.7 Å². The van der Waals surface area contributed by atoms with E-state index in [4.69, 9.17) is 0 Å². The predicted molar refractivity (Wildman–Crippen MR) is 50.3 cm³/mol. The third kappa shape index (κ3) is 3.57. The van der Waals surface area contributed by atoms with Gasteiger partial charge in [0, 0.05) is 10.0 Å². The normalized spacial score (nSPS) is 9.17. The van der Waals surface area contributed by atoms with Crippen molar-refractivity contribution in [3.05, 3.63) is 34.3 Å². The molecule has 0 aliphatic heterocycles. The molecule has 0 aliphatic carbocycles. The van der Waals surface area contributed by atoms with E-state index in [0.29, 0.717) is 0 Å². The van der Waals surface area contributed by atoms with Gasteiger partial charge in [-0.1, -0.05) is 34.1 Å². The molecule has 0 radical (unpaired) electrons. The first-order valence-electron chi connectivity index (χ1n) is 3.89. The average Bonchev–Trinajstić information content (AvgIpc) is 2.03. The van der Waals surface area contributed by atoms with E-state index in [0.717, 1.165) is 13.1 Å². The summed E-state index contributed by atoms with van der Waals surface area (Å²) in [5.41, 5.74) is 1.37. The first-order chi connectivity index (χ1) is 5.34. The second kappa shape index (κ2) is 6.46. The third-order valence-electron chi connectivity index (χ3n) is 1.61. The Morgan fingerprint density at radius 2 is 2.00 bits per heavy atom. The van der Waals surface area contributed by atoms with Crippen molar-refractivity contribution in [2.45, 2.75) is 13.5 Å². The summed E-state index contributed by atoms with van der Waals surface area (Å²) in [6.07, 6.45) is 0. The Hall–Kier alpha value is -0.0500. The van der Waals surface area contributed by atoms with E-state index >= 15 is 0 Å². The Balaban J connectivity index is 0.00000121. The lowest BCUT2D eigenvalue weighted by molar-refractivity contribution is -0.667. The molecule has 0 atom stereocenters. The maximum Gasteiger partial charge on any atom is 0.102 e. The summed E-state index contributed by atoms with van der Waals surface area (Å²) in [5, 5.41) is 2.28. The molecule has 0 unspecified atom stereocenters. The summed E-state index contributed by atoms with van der Waals surface area (Å²) in [6.45, 7) is 4.37. The van der Waals surface area contributed by atoms with Gasteiger partial charge in [0.1, 0.15) is 6.54 Å². The van der Waals surface area contributed by atoms with E-state index in [1.165, 1.54) is 10.0 Å². The van der Waals surface area contributed by atoms with Gasteiger partial charge in [0.2, 0.25) is 0 Å². The van der Waals surface area contributed by atoms with Crippen LogP contribution in [0.5, 0.6) is 0 Å². The fourth-order valence-corrected chi connectivity index (χ4v) is 1.41. The molecule has 1 aromatic rings. The summed E-state index contributed by atoms with van der Waals surface area (Å²) in [6, 6.07) is 8.35. The highest BCUT2D eigenvalue weighted by atomic mass is 79.9. The van der Waals surface area contributed by atoms with Crippen LogP contribution in [0.1, 0.15) is 12.5 Å². The van der Waals surface area contributed by atoms with E-state index in [-0.39, 0.29) is 12.4 Å². The maximum atomic E-state index is 3.51. The van der Waals surface area contributed by atoms with E-state index in [9.17, 15) is 0 Å². The molecule has 2 N–H and O–H groups in total. The number of nitrogens with two attached hydrogens (primary N) is 1. The highest BCUT2D eigenvalue weighted by molar-refractivity contribution is 9.10. The Bertz CT molecular complexity index is 228. The lowest BCUT2D eigenvalue weighted by atomic mass is 10.2. The molecule has 0 spiro atoms. The fourth-order valence-electron chi connectivity index (χ4n) is 0.964. The van der Waals surface area contributed by atoms with E-state index in [1.807, 2.05) is 6.07 Å². The zero-order valence-electron chi connectivity index (χ0n) is 7.06. The van der Waals surface area contributed by atoms with Gasteiger partial charge >= 0.3 is 0 Å². The Kier molecular flexibility index (Phi) is 6.44. The van der Waals surface area contributed by atoms with Gasteiger partial charge in [-0.2, -0.15) is 0 Å². The highest BCUT2D eigenvalue weighted by Gasteiger charge is 1.97. The molecule has 0 saturated carbocycles. The van der Waals surface area contributed by atoms with Gasteiger partial charge in [-0.25, -0.2) is 0 Å². The molecule has 0 saturated heterocycles. The molecule has 0 amide bonds. The summed E-state index contributed by atoms with van der Waals surface area (Å²) in [4.78, 5) is 0. The van der Waals surface area contributed by atoms with Gasteiger partial charge in [-0.15, -0.1) is 0 Å². The molecule has 68 valence electrons. The second-order valence-electron chi connectivity index (χ2n) is 2.49. The van der Waals surface area contributed by atoms with Crippen LogP contribution in [-0.2, 0) is 6.54 Å². The largest absolute Gasteiger partial charge is 1.00 e. The van der Waals surface area contributed by atoms with Gasteiger partial charge in [0.15, 0.2) is 0 Å². The number of hydrogen-bond donors (Lipinski definition) is 1. The standard InChI is InChI=1S/C9H12BrN.ClH/c1-2-11-7-8-5-3-4-6-9(8)10;/h3-6,11H,2,7H2,1H3;1H. The topological polar surface area (TPSA) is 16.6 Å². The Morgan fingerprint density at radius 1 is 1.33 bits per heavy atom. The number of halogens is 2. The second-order valence-corrected chi connectivity index (χ2v) is 3.35. The van der Waals surface area contributed by atoms with Crippen LogP contribution >= 0.6 is 15.9 Å². The average molecular weight is 251 g/mol. The first-order valence-corrected chi connectivity index (χ1v) is 4.69. The van der Waals surface area contributed by atoms with Gasteiger partial charge in [-0.05, 0) is 13.0 Å². The lowest BCUT2D eigenvalue weighted by Gasteiger charge is -2.00. The molecule has 0 aliphatic rings. The van der Waals surface area contributed by atoms with Gasteiger partial charge in [0.05, 0.1) is 6.54 Å². The molecule has 1 aromatic carbocycles. The van der Waals surface area contributed by atoms with Crippen LogP contribution < -0.4 is 17.7 Å². The minimum Gasteiger partial charge on any atom is -1.00 e. The van der Waals surface area contributed by atoms with Crippen molar-refractivity contribution in [1.29, 1.82) is 0 Å². The van der Waals surface area contributed by atoms with Crippen LogP contribution in [0, 0.1) is 0 Å². The van der Waals surface area contributed by atoms with Crippen molar-refractivity contribution in [1.82, 2.24) is 0 Å². The molecule has 0 aromatic heterocycles. The quantitative estimate of drug-likeness (QED) is 0.675. The molecule has 3 heteroatoms. The molecule has 0 heterocycles. The van der Waals surface area contributed by atoms with Crippen molar-refractivity contribution in [2.24, 2.45) is 0 Å². The number of quaternary nitrogens is 1. The molecule has 1 rings (SSSR count). The minimum atomic E-state index is 0. The first kappa shape index (κ1) is 11.9. The van der Waals surface area contributed by atoms with Crippen molar-refractivity contribution in [3.63, 3.8) is 0 Å². The molecular weight excluding hydrogens is 237 g/mol. The van der Waals surface area contributed by atoms with Crippen LogP contribution in [-0.4, -0.2) is 6.54 Å². The molecular formula is C9H13BrClN. The SMILES string of the molecule is CC[NH2+]Cc1ccccc1Br.[Cl-]. The number of hydrogen-bond acceptors (Lipinski definition) is 0. The lowest BCUT2D eigenvalue weighted by Crippen LogP contribution is -3.00. The molecule has 0 bridgehead atoms. The van der Waals surface area contributed by atoms with Crippen molar-refractivity contribution in [2.75, 3.05) is 6.54 Å².